The summed E-state index contributed by atoms with van der Waals surface area (Å²) in [6.07, 6.45) is 5.81. The third kappa shape index (κ3) is 2.87. The van der Waals surface area contributed by atoms with Crippen molar-refractivity contribution in [3.8, 4) is 0 Å². The largest absolute Gasteiger partial charge is 0.409 e. The summed E-state index contributed by atoms with van der Waals surface area (Å²) in [7, 11) is -1.86. The van der Waals surface area contributed by atoms with Gasteiger partial charge in [0.05, 0.1) is 11.1 Å². The number of amidine groups is 1. The molecular formula is C11H19N5O3S2. The zero-order valence-electron chi connectivity index (χ0n) is 11.9. The molecule has 118 valence electrons. The normalized spacial score (nSPS) is 20.6. The van der Waals surface area contributed by atoms with Gasteiger partial charge in [-0.15, -0.1) is 0 Å². The van der Waals surface area contributed by atoms with Gasteiger partial charge < -0.3 is 15.5 Å². The number of aryl methyl sites for hydroxylation is 1. The average Bonchev–Trinajstić information content (AvgIpc) is 2.93. The number of hydrogen-bond donors (Lipinski definition) is 2. The van der Waals surface area contributed by atoms with Gasteiger partial charge in [-0.05, 0) is 19.1 Å². The van der Waals surface area contributed by atoms with Crippen LogP contribution in [0.25, 0.3) is 0 Å². The summed E-state index contributed by atoms with van der Waals surface area (Å²) in [4.78, 5) is 3.91. The van der Waals surface area contributed by atoms with Crippen molar-refractivity contribution < 1.29 is 13.6 Å². The Morgan fingerprint density at radius 2 is 2.14 bits per heavy atom. The maximum atomic E-state index is 12.5. The van der Waals surface area contributed by atoms with Crippen LogP contribution in [-0.2, 0) is 17.1 Å². The zero-order valence-corrected chi connectivity index (χ0v) is 13.6. The van der Waals surface area contributed by atoms with Gasteiger partial charge >= 0.3 is 0 Å². The molecular weight excluding hydrogens is 314 g/mol. The van der Waals surface area contributed by atoms with Crippen LogP contribution in [0.5, 0.6) is 0 Å². The minimum atomic E-state index is -3.58. The van der Waals surface area contributed by atoms with E-state index >= 15 is 0 Å². The predicted octanol–water partition coefficient (Wildman–Crippen LogP) is 0.0528. The first-order valence-corrected chi connectivity index (χ1v) is 9.03. The number of nitrogens with zero attached hydrogens (tertiary/aromatic N) is 4. The van der Waals surface area contributed by atoms with E-state index in [1.807, 2.05) is 6.26 Å². The van der Waals surface area contributed by atoms with E-state index in [4.69, 9.17) is 10.9 Å². The van der Waals surface area contributed by atoms with E-state index in [2.05, 4.69) is 10.1 Å². The molecule has 1 aromatic rings. The number of sulfonamides is 1. The second-order valence-electron chi connectivity index (χ2n) is 4.97. The molecule has 8 nitrogen and oxygen atoms in total. The Kier molecular flexibility index (Phi) is 4.49. The van der Waals surface area contributed by atoms with Gasteiger partial charge in [-0.25, -0.2) is 13.4 Å². The van der Waals surface area contributed by atoms with Crippen LogP contribution >= 0.6 is 11.8 Å². The van der Waals surface area contributed by atoms with Gasteiger partial charge in [-0.2, -0.15) is 16.1 Å². The fourth-order valence-corrected chi connectivity index (χ4v) is 4.65. The van der Waals surface area contributed by atoms with E-state index in [9.17, 15) is 8.42 Å². The summed E-state index contributed by atoms with van der Waals surface area (Å²) < 4.78 is 27.4. The minimum Gasteiger partial charge on any atom is -0.409 e. The highest BCUT2D eigenvalue weighted by atomic mass is 32.2. The van der Waals surface area contributed by atoms with Crippen LogP contribution in [0.3, 0.4) is 0 Å². The number of oxime groups is 1. The predicted molar refractivity (Wildman–Crippen MR) is 80.9 cm³/mol. The molecule has 2 heterocycles. The van der Waals surface area contributed by atoms with Gasteiger partial charge in [0, 0.05) is 26.3 Å². The molecule has 1 aromatic heterocycles. The SMILES string of the molecule is CSC1(C(N)=NO)CCN(S(=O)(=O)c2cn(C)cn2)CC1. The highest BCUT2D eigenvalue weighted by Gasteiger charge is 2.41. The van der Waals surface area contributed by atoms with E-state index in [-0.39, 0.29) is 10.9 Å². The average molecular weight is 333 g/mol. The van der Waals surface area contributed by atoms with Crippen molar-refractivity contribution in [1.82, 2.24) is 13.9 Å². The number of piperidine rings is 1. The van der Waals surface area contributed by atoms with E-state index in [1.54, 1.807) is 11.6 Å². The first kappa shape index (κ1) is 16.1. The van der Waals surface area contributed by atoms with E-state index in [1.165, 1.54) is 28.6 Å². The molecule has 10 heteroatoms. The molecule has 1 aliphatic heterocycles. The van der Waals surface area contributed by atoms with Crippen molar-refractivity contribution in [2.45, 2.75) is 22.6 Å². The van der Waals surface area contributed by atoms with E-state index in [0.29, 0.717) is 25.9 Å². The number of aromatic nitrogens is 2. The number of thioether (sulfide) groups is 1. The first-order chi connectivity index (χ1) is 9.85. The Labute approximate surface area is 128 Å². The Balaban J connectivity index is 2.17. The molecule has 0 aromatic carbocycles. The molecule has 0 radical (unpaired) electrons. The van der Waals surface area contributed by atoms with Crippen LogP contribution in [0.15, 0.2) is 22.7 Å². The topological polar surface area (TPSA) is 114 Å². The van der Waals surface area contributed by atoms with Crippen molar-refractivity contribution in [1.29, 1.82) is 0 Å². The lowest BCUT2D eigenvalue weighted by Gasteiger charge is -2.38. The molecule has 0 bridgehead atoms. The smallest absolute Gasteiger partial charge is 0.262 e. The van der Waals surface area contributed by atoms with Gasteiger partial charge in [-0.3, -0.25) is 0 Å². The molecule has 0 spiro atoms. The van der Waals surface area contributed by atoms with Crippen LogP contribution in [0.2, 0.25) is 0 Å². The highest BCUT2D eigenvalue weighted by Crippen LogP contribution is 2.36. The lowest BCUT2D eigenvalue weighted by molar-refractivity contribution is 0.300. The molecule has 1 saturated heterocycles. The van der Waals surface area contributed by atoms with Crippen LogP contribution in [0, 0.1) is 0 Å². The molecule has 1 fully saturated rings. The fraction of sp³-hybridized carbons (Fsp3) is 0.636. The molecule has 0 unspecified atom stereocenters. The Morgan fingerprint density at radius 1 is 1.52 bits per heavy atom. The zero-order chi connectivity index (χ0) is 15.7. The molecule has 1 aliphatic rings. The number of nitrogens with two attached hydrogens (primary N) is 1. The van der Waals surface area contributed by atoms with Crippen LogP contribution in [0.1, 0.15) is 12.8 Å². The third-order valence-corrected chi connectivity index (χ3v) is 6.96. The van der Waals surface area contributed by atoms with Crippen LogP contribution in [0.4, 0.5) is 0 Å². The van der Waals surface area contributed by atoms with Crippen molar-refractivity contribution in [2.75, 3.05) is 19.3 Å². The van der Waals surface area contributed by atoms with Gasteiger partial charge in [0.15, 0.2) is 10.9 Å². The molecule has 2 rings (SSSR count). The number of imidazole rings is 1. The van der Waals surface area contributed by atoms with Gasteiger partial charge in [0.25, 0.3) is 10.0 Å². The maximum Gasteiger partial charge on any atom is 0.262 e. The fourth-order valence-electron chi connectivity index (χ4n) is 2.40. The third-order valence-electron chi connectivity index (χ3n) is 3.78. The molecule has 0 amide bonds. The van der Waals surface area contributed by atoms with Crippen LogP contribution in [-0.4, -0.2) is 57.4 Å². The Hall–Kier alpha value is -1.26. The van der Waals surface area contributed by atoms with Crippen molar-refractivity contribution in [3.63, 3.8) is 0 Å². The second-order valence-corrected chi connectivity index (χ2v) is 8.04. The molecule has 0 aliphatic carbocycles. The van der Waals surface area contributed by atoms with Crippen LogP contribution < -0.4 is 5.73 Å². The lowest BCUT2D eigenvalue weighted by Crippen LogP contribution is -2.51. The van der Waals surface area contributed by atoms with Gasteiger partial charge in [0.2, 0.25) is 0 Å². The van der Waals surface area contributed by atoms with Crippen molar-refractivity contribution in [3.05, 3.63) is 12.5 Å². The van der Waals surface area contributed by atoms with Gasteiger partial charge in [0.1, 0.15) is 0 Å². The summed E-state index contributed by atoms with van der Waals surface area (Å²) >= 11 is 1.48. The molecule has 0 atom stereocenters. The Bertz CT molecular complexity index is 632. The van der Waals surface area contributed by atoms with Crippen molar-refractivity contribution in [2.24, 2.45) is 17.9 Å². The number of rotatable bonds is 4. The summed E-state index contributed by atoms with van der Waals surface area (Å²) in [5, 5.41) is 12.0. The lowest BCUT2D eigenvalue weighted by atomic mass is 9.96. The van der Waals surface area contributed by atoms with E-state index in [0.717, 1.165) is 0 Å². The molecule has 21 heavy (non-hydrogen) atoms. The van der Waals surface area contributed by atoms with Gasteiger partial charge in [-0.1, -0.05) is 5.16 Å². The minimum absolute atomic E-state index is 0.0467. The second kappa shape index (κ2) is 5.85. The molecule has 0 saturated carbocycles. The maximum absolute atomic E-state index is 12.5. The summed E-state index contributed by atoms with van der Waals surface area (Å²) in [6, 6.07) is 0. The Morgan fingerprint density at radius 3 is 2.57 bits per heavy atom. The van der Waals surface area contributed by atoms with E-state index < -0.39 is 14.8 Å². The quantitative estimate of drug-likeness (QED) is 0.348. The monoisotopic (exact) mass is 333 g/mol. The summed E-state index contributed by atoms with van der Waals surface area (Å²) in [5.41, 5.74) is 5.76. The number of hydrogen-bond acceptors (Lipinski definition) is 6. The standard InChI is InChI=1S/C11H19N5O3S2/c1-15-7-9(13-8-15)21(18,19)16-5-3-11(20-2,4-6-16)10(12)14-17/h7-8,17H,3-6H2,1-2H3,(H2,12,14). The molecule has 3 N–H and O–H groups in total. The summed E-state index contributed by atoms with van der Waals surface area (Å²) in [5.74, 6) is 0.143. The highest BCUT2D eigenvalue weighted by molar-refractivity contribution is 8.00. The first-order valence-electron chi connectivity index (χ1n) is 6.37. The summed E-state index contributed by atoms with van der Waals surface area (Å²) in [6.45, 7) is 0.631. The van der Waals surface area contributed by atoms with Crippen molar-refractivity contribution >= 4 is 27.6 Å².